The maximum absolute atomic E-state index is 4.12. The number of aromatic nitrogens is 1. The van der Waals surface area contributed by atoms with E-state index in [1.165, 1.54) is 11.1 Å². The van der Waals surface area contributed by atoms with Crippen molar-refractivity contribution in [3.8, 4) is 0 Å². The third-order valence-electron chi connectivity index (χ3n) is 3.09. The highest BCUT2D eigenvalue weighted by atomic mass is 14.9. The number of benzene rings is 1. The SMILES string of the molecule is C[C@H](CCc1ccccc1)NCc1cccnc1. The molecule has 0 unspecified atom stereocenters. The fraction of sp³-hybridized carbons (Fsp3) is 0.312. The summed E-state index contributed by atoms with van der Waals surface area (Å²) in [7, 11) is 0. The van der Waals surface area contributed by atoms with Crippen LogP contribution in [0.2, 0.25) is 0 Å². The molecule has 94 valence electrons. The van der Waals surface area contributed by atoms with Crippen molar-refractivity contribution in [2.24, 2.45) is 0 Å². The van der Waals surface area contributed by atoms with Crippen molar-refractivity contribution in [1.29, 1.82) is 0 Å². The summed E-state index contributed by atoms with van der Waals surface area (Å²) in [6, 6.07) is 15.2. The topological polar surface area (TPSA) is 24.9 Å². The highest BCUT2D eigenvalue weighted by Crippen LogP contribution is 2.05. The standard InChI is InChI=1S/C16H20N2/c1-14(9-10-15-6-3-2-4-7-15)18-13-16-8-5-11-17-12-16/h2-8,11-12,14,18H,9-10,13H2,1H3/t14-/m1/s1. The Labute approximate surface area is 109 Å². The fourth-order valence-corrected chi connectivity index (χ4v) is 1.92. The normalized spacial score (nSPS) is 12.3. The summed E-state index contributed by atoms with van der Waals surface area (Å²) in [5.41, 5.74) is 2.65. The van der Waals surface area contributed by atoms with Crippen LogP contribution in [0.25, 0.3) is 0 Å². The van der Waals surface area contributed by atoms with E-state index in [9.17, 15) is 0 Å². The molecule has 0 aliphatic heterocycles. The zero-order valence-electron chi connectivity index (χ0n) is 10.8. The second-order valence-electron chi connectivity index (χ2n) is 4.67. The van der Waals surface area contributed by atoms with Crippen molar-refractivity contribution in [3.63, 3.8) is 0 Å². The predicted octanol–water partition coefficient (Wildman–Crippen LogP) is 3.19. The summed E-state index contributed by atoms with van der Waals surface area (Å²) in [5, 5.41) is 3.53. The quantitative estimate of drug-likeness (QED) is 0.838. The zero-order chi connectivity index (χ0) is 12.6. The Morgan fingerprint density at radius 3 is 2.56 bits per heavy atom. The first-order valence-electron chi connectivity index (χ1n) is 6.51. The van der Waals surface area contributed by atoms with Gasteiger partial charge in [0.15, 0.2) is 0 Å². The van der Waals surface area contributed by atoms with Gasteiger partial charge in [0.2, 0.25) is 0 Å². The second kappa shape index (κ2) is 6.92. The third-order valence-corrected chi connectivity index (χ3v) is 3.09. The van der Waals surface area contributed by atoms with Gasteiger partial charge in [-0.25, -0.2) is 0 Å². The van der Waals surface area contributed by atoms with Gasteiger partial charge in [-0.3, -0.25) is 4.98 Å². The Balaban J connectivity index is 1.71. The Hall–Kier alpha value is -1.67. The largest absolute Gasteiger partial charge is 0.310 e. The minimum absolute atomic E-state index is 0.519. The molecule has 0 radical (unpaired) electrons. The maximum Gasteiger partial charge on any atom is 0.0312 e. The molecular weight excluding hydrogens is 220 g/mol. The first-order valence-corrected chi connectivity index (χ1v) is 6.51. The number of rotatable bonds is 6. The van der Waals surface area contributed by atoms with E-state index in [-0.39, 0.29) is 0 Å². The summed E-state index contributed by atoms with van der Waals surface area (Å²) in [4.78, 5) is 4.12. The molecule has 0 aliphatic carbocycles. The molecule has 0 bridgehead atoms. The van der Waals surface area contributed by atoms with Gasteiger partial charge in [0, 0.05) is 25.0 Å². The van der Waals surface area contributed by atoms with E-state index in [1.54, 1.807) is 0 Å². The van der Waals surface area contributed by atoms with Gasteiger partial charge in [-0.1, -0.05) is 36.4 Å². The minimum Gasteiger partial charge on any atom is -0.310 e. The lowest BCUT2D eigenvalue weighted by Gasteiger charge is -2.13. The molecule has 18 heavy (non-hydrogen) atoms. The molecule has 1 atom stereocenters. The first-order chi connectivity index (χ1) is 8.84. The number of hydrogen-bond donors (Lipinski definition) is 1. The molecule has 2 aromatic rings. The van der Waals surface area contributed by atoms with Gasteiger partial charge in [0.25, 0.3) is 0 Å². The number of hydrogen-bond acceptors (Lipinski definition) is 2. The van der Waals surface area contributed by atoms with Gasteiger partial charge in [-0.2, -0.15) is 0 Å². The maximum atomic E-state index is 4.12. The molecule has 2 heteroatoms. The Bertz CT molecular complexity index is 396. The molecule has 0 aliphatic rings. The lowest BCUT2D eigenvalue weighted by atomic mass is 10.1. The van der Waals surface area contributed by atoms with Crippen LogP contribution in [-0.4, -0.2) is 11.0 Å². The van der Waals surface area contributed by atoms with E-state index in [0.29, 0.717) is 6.04 Å². The smallest absolute Gasteiger partial charge is 0.0312 e. The van der Waals surface area contributed by atoms with E-state index < -0.39 is 0 Å². The van der Waals surface area contributed by atoms with Crippen LogP contribution in [0, 0.1) is 0 Å². The highest BCUT2D eigenvalue weighted by Gasteiger charge is 2.02. The summed E-state index contributed by atoms with van der Waals surface area (Å²) >= 11 is 0. The molecule has 0 saturated heterocycles. The summed E-state index contributed by atoms with van der Waals surface area (Å²) < 4.78 is 0. The van der Waals surface area contributed by atoms with E-state index >= 15 is 0 Å². The van der Waals surface area contributed by atoms with Gasteiger partial charge < -0.3 is 5.32 Å². The molecule has 0 spiro atoms. The molecule has 2 nitrogen and oxygen atoms in total. The monoisotopic (exact) mass is 240 g/mol. The van der Waals surface area contributed by atoms with Crippen molar-refractivity contribution in [1.82, 2.24) is 10.3 Å². The molecule has 1 N–H and O–H groups in total. The van der Waals surface area contributed by atoms with E-state index in [2.05, 4.69) is 53.6 Å². The van der Waals surface area contributed by atoms with Crippen molar-refractivity contribution in [2.75, 3.05) is 0 Å². The Morgan fingerprint density at radius 2 is 1.83 bits per heavy atom. The molecule has 1 aromatic heterocycles. The Morgan fingerprint density at radius 1 is 1.06 bits per heavy atom. The van der Waals surface area contributed by atoms with Crippen LogP contribution in [0.5, 0.6) is 0 Å². The zero-order valence-corrected chi connectivity index (χ0v) is 10.8. The van der Waals surface area contributed by atoms with Crippen LogP contribution in [0.1, 0.15) is 24.5 Å². The van der Waals surface area contributed by atoms with Crippen LogP contribution in [0.4, 0.5) is 0 Å². The highest BCUT2D eigenvalue weighted by molar-refractivity contribution is 5.14. The van der Waals surface area contributed by atoms with Crippen LogP contribution >= 0.6 is 0 Å². The van der Waals surface area contributed by atoms with Crippen molar-refractivity contribution in [3.05, 3.63) is 66.0 Å². The summed E-state index contributed by atoms with van der Waals surface area (Å²) in [6.45, 7) is 3.13. The number of pyridine rings is 1. The fourth-order valence-electron chi connectivity index (χ4n) is 1.92. The van der Waals surface area contributed by atoms with E-state index in [0.717, 1.165) is 19.4 Å². The van der Waals surface area contributed by atoms with Gasteiger partial charge in [-0.15, -0.1) is 0 Å². The third kappa shape index (κ3) is 4.30. The van der Waals surface area contributed by atoms with Crippen LogP contribution < -0.4 is 5.32 Å². The lowest BCUT2D eigenvalue weighted by molar-refractivity contribution is 0.513. The van der Waals surface area contributed by atoms with Crippen molar-refractivity contribution >= 4 is 0 Å². The molecular formula is C16H20N2. The van der Waals surface area contributed by atoms with Crippen molar-refractivity contribution < 1.29 is 0 Å². The Kier molecular flexibility index (Phi) is 4.91. The van der Waals surface area contributed by atoms with Crippen molar-refractivity contribution in [2.45, 2.75) is 32.4 Å². The number of nitrogens with zero attached hydrogens (tertiary/aromatic N) is 1. The predicted molar refractivity (Wildman–Crippen MR) is 75.3 cm³/mol. The van der Waals surface area contributed by atoms with E-state index in [4.69, 9.17) is 0 Å². The molecule has 2 rings (SSSR count). The van der Waals surface area contributed by atoms with Gasteiger partial charge in [-0.05, 0) is 37.0 Å². The van der Waals surface area contributed by atoms with Gasteiger partial charge in [0.1, 0.15) is 0 Å². The molecule has 0 saturated carbocycles. The molecule has 1 heterocycles. The van der Waals surface area contributed by atoms with Gasteiger partial charge in [0.05, 0.1) is 0 Å². The molecule has 1 aromatic carbocycles. The van der Waals surface area contributed by atoms with Crippen LogP contribution in [0.15, 0.2) is 54.9 Å². The van der Waals surface area contributed by atoms with Crippen LogP contribution in [-0.2, 0) is 13.0 Å². The molecule has 0 amide bonds. The van der Waals surface area contributed by atoms with E-state index in [1.807, 2.05) is 18.5 Å². The molecule has 0 fully saturated rings. The number of aryl methyl sites for hydroxylation is 1. The number of nitrogens with one attached hydrogen (secondary N) is 1. The average molecular weight is 240 g/mol. The first kappa shape index (κ1) is 12.8. The lowest BCUT2D eigenvalue weighted by Crippen LogP contribution is -2.25. The second-order valence-corrected chi connectivity index (χ2v) is 4.67. The minimum atomic E-state index is 0.519. The summed E-state index contributed by atoms with van der Waals surface area (Å²) in [6.07, 6.45) is 6.01. The average Bonchev–Trinajstić information content (AvgIpc) is 2.45. The van der Waals surface area contributed by atoms with Gasteiger partial charge >= 0.3 is 0 Å². The summed E-state index contributed by atoms with van der Waals surface area (Å²) in [5.74, 6) is 0. The van der Waals surface area contributed by atoms with Crippen LogP contribution in [0.3, 0.4) is 0 Å².